The lowest BCUT2D eigenvalue weighted by molar-refractivity contribution is 0.178. The maximum absolute atomic E-state index is 10.3. The zero-order valence-electron chi connectivity index (χ0n) is 10.7. The van der Waals surface area contributed by atoms with Gasteiger partial charge in [0, 0.05) is 23.0 Å². The minimum Gasteiger partial charge on any atom is -0.388 e. The van der Waals surface area contributed by atoms with Gasteiger partial charge in [0.15, 0.2) is 0 Å². The average Bonchev–Trinajstić information content (AvgIpc) is 2.83. The summed E-state index contributed by atoms with van der Waals surface area (Å²) in [5, 5.41) is 13.7. The SMILES string of the molecule is Cc1ccc(C(O)Cc2csc3ccccc23)cn1. The highest BCUT2D eigenvalue weighted by atomic mass is 32.1. The van der Waals surface area contributed by atoms with Crippen molar-refractivity contribution >= 4 is 21.4 Å². The van der Waals surface area contributed by atoms with Crippen molar-refractivity contribution in [2.24, 2.45) is 0 Å². The molecule has 0 aliphatic rings. The third kappa shape index (κ3) is 2.53. The van der Waals surface area contributed by atoms with Crippen LogP contribution in [0.2, 0.25) is 0 Å². The Bertz CT molecular complexity index is 687. The Morgan fingerprint density at radius 3 is 2.84 bits per heavy atom. The summed E-state index contributed by atoms with van der Waals surface area (Å²) in [6.45, 7) is 1.95. The van der Waals surface area contributed by atoms with Crippen molar-refractivity contribution in [1.82, 2.24) is 4.98 Å². The van der Waals surface area contributed by atoms with E-state index in [4.69, 9.17) is 0 Å². The molecule has 0 radical (unpaired) electrons. The van der Waals surface area contributed by atoms with E-state index in [2.05, 4.69) is 22.5 Å². The molecule has 2 nitrogen and oxygen atoms in total. The first-order valence-corrected chi connectivity index (χ1v) is 7.18. The number of pyridine rings is 1. The summed E-state index contributed by atoms with van der Waals surface area (Å²) in [5.41, 5.74) is 3.05. The summed E-state index contributed by atoms with van der Waals surface area (Å²) < 4.78 is 1.27. The van der Waals surface area contributed by atoms with Gasteiger partial charge in [-0.25, -0.2) is 0 Å². The molecule has 0 spiro atoms. The van der Waals surface area contributed by atoms with Crippen molar-refractivity contribution in [2.75, 3.05) is 0 Å². The molecule has 1 N–H and O–H groups in total. The Labute approximate surface area is 116 Å². The Morgan fingerprint density at radius 1 is 1.21 bits per heavy atom. The van der Waals surface area contributed by atoms with Gasteiger partial charge in [-0.1, -0.05) is 24.3 Å². The summed E-state index contributed by atoms with van der Waals surface area (Å²) in [5.74, 6) is 0. The van der Waals surface area contributed by atoms with Crippen molar-refractivity contribution in [1.29, 1.82) is 0 Å². The number of hydrogen-bond donors (Lipinski definition) is 1. The molecular weight excluding hydrogens is 254 g/mol. The van der Waals surface area contributed by atoms with Crippen molar-refractivity contribution in [3.63, 3.8) is 0 Å². The summed E-state index contributed by atoms with van der Waals surface area (Å²) in [6, 6.07) is 12.2. The molecule has 96 valence electrons. The number of hydrogen-bond acceptors (Lipinski definition) is 3. The maximum Gasteiger partial charge on any atom is 0.0845 e. The van der Waals surface area contributed by atoms with Crippen LogP contribution in [0.5, 0.6) is 0 Å². The van der Waals surface area contributed by atoms with Gasteiger partial charge < -0.3 is 5.11 Å². The number of thiophene rings is 1. The third-order valence-corrected chi connectivity index (χ3v) is 4.31. The van der Waals surface area contributed by atoms with Gasteiger partial charge in [0.2, 0.25) is 0 Å². The van der Waals surface area contributed by atoms with Crippen LogP contribution in [0.3, 0.4) is 0 Å². The Balaban J connectivity index is 1.86. The molecule has 0 saturated heterocycles. The monoisotopic (exact) mass is 269 g/mol. The predicted molar refractivity (Wildman–Crippen MR) is 79.5 cm³/mol. The molecule has 0 saturated carbocycles. The first kappa shape index (κ1) is 12.3. The normalized spacial score (nSPS) is 12.7. The summed E-state index contributed by atoms with van der Waals surface area (Å²) >= 11 is 1.73. The first-order chi connectivity index (χ1) is 9.24. The predicted octanol–water partition coefficient (Wildman–Crippen LogP) is 3.88. The van der Waals surface area contributed by atoms with E-state index < -0.39 is 6.10 Å². The second-order valence-corrected chi connectivity index (χ2v) is 5.62. The molecule has 0 fully saturated rings. The lowest BCUT2D eigenvalue weighted by Crippen LogP contribution is -2.02. The van der Waals surface area contributed by atoms with Crippen LogP contribution in [-0.4, -0.2) is 10.1 Å². The lowest BCUT2D eigenvalue weighted by atomic mass is 10.0. The molecule has 0 bridgehead atoms. The highest BCUT2D eigenvalue weighted by Gasteiger charge is 2.12. The smallest absolute Gasteiger partial charge is 0.0845 e. The van der Waals surface area contributed by atoms with Gasteiger partial charge in [-0.3, -0.25) is 4.98 Å². The summed E-state index contributed by atoms with van der Waals surface area (Å²) in [4.78, 5) is 4.23. The van der Waals surface area contributed by atoms with Gasteiger partial charge in [-0.15, -0.1) is 11.3 Å². The number of aromatic nitrogens is 1. The van der Waals surface area contributed by atoms with Gasteiger partial charge in [0.1, 0.15) is 0 Å². The fourth-order valence-corrected chi connectivity index (χ4v) is 3.17. The van der Waals surface area contributed by atoms with Crippen LogP contribution in [0.25, 0.3) is 10.1 Å². The van der Waals surface area contributed by atoms with Crippen LogP contribution >= 0.6 is 11.3 Å². The van der Waals surface area contributed by atoms with E-state index in [1.165, 1.54) is 15.6 Å². The Kier molecular flexibility index (Phi) is 3.32. The molecule has 3 aromatic rings. The number of fused-ring (bicyclic) bond motifs is 1. The molecule has 0 amide bonds. The third-order valence-electron chi connectivity index (χ3n) is 3.29. The Morgan fingerprint density at radius 2 is 2.05 bits per heavy atom. The second-order valence-electron chi connectivity index (χ2n) is 4.71. The molecule has 3 heteroatoms. The molecule has 19 heavy (non-hydrogen) atoms. The van der Waals surface area contributed by atoms with E-state index in [0.29, 0.717) is 6.42 Å². The van der Waals surface area contributed by atoms with E-state index in [-0.39, 0.29) is 0 Å². The van der Waals surface area contributed by atoms with Crippen LogP contribution in [0, 0.1) is 6.92 Å². The standard InChI is InChI=1S/C16H15NOS/c1-11-6-7-12(9-17-11)15(18)8-13-10-19-16-5-3-2-4-14(13)16/h2-7,9-10,15,18H,8H2,1H3. The van der Waals surface area contributed by atoms with Gasteiger partial charge in [0.05, 0.1) is 6.10 Å². The molecule has 0 aliphatic carbocycles. The largest absolute Gasteiger partial charge is 0.388 e. The number of aliphatic hydroxyl groups excluding tert-OH is 1. The van der Waals surface area contributed by atoms with Gasteiger partial charge in [-0.05, 0) is 40.9 Å². The molecule has 1 atom stereocenters. The molecular formula is C16H15NOS. The van der Waals surface area contributed by atoms with E-state index >= 15 is 0 Å². The molecule has 1 unspecified atom stereocenters. The van der Waals surface area contributed by atoms with Gasteiger partial charge in [0.25, 0.3) is 0 Å². The number of aryl methyl sites for hydroxylation is 1. The van der Waals surface area contributed by atoms with Crippen molar-refractivity contribution in [2.45, 2.75) is 19.4 Å². The van der Waals surface area contributed by atoms with Crippen molar-refractivity contribution < 1.29 is 5.11 Å². The van der Waals surface area contributed by atoms with Crippen LogP contribution in [0.15, 0.2) is 48.0 Å². The minimum atomic E-state index is -0.494. The first-order valence-electron chi connectivity index (χ1n) is 6.30. The van der Waals surface area contributed by atoms with E-state index in [9.17, 15) is 5.11 Å². The van der Waals surface area contributed by atoms with Crippen molar-refractivity contribution in [3.05, 3.63) is 64.8 Å². The summed E-state index contributed by atoms with van der Waals surface area (Å²) in [7, 11) is 0. The zero-order valence-corrected chi connectivity index (χ0v) is 11.5. The molecule has 0 aliphatic heterocycles. The number of rotatable bonds is 3. The number of benzene rings is 1. The van der Waals surface area contributed by atoms with E-state index in [1.807, 2.05) is 31.2 Å². The lowest BCUT2D eigenvalue weighted by Gasteiger charge is -2.10. The average molecular weight is 269 g/mol. The molecule has 3 rings (SSSR count). The molecule has 2 heterocycles. The second kappa shape index (κ2) is 5.11. The number of nitrogens with zero attached hydrogens (tertiary/aromatic N) is 1. The van der Waals surface area contributed by atoms with Crippen LogP contribution in [0.4, 0.5) is 0 Å². The minimum absolute atomic E-state index is 0.494. The quantitative estimate of drug-likeness (QED) is 0.782. The van der Waals surface area contributed by atoms with Gasteiger partial charge >= 0.3 is 0 Å². The Hall–Kier alpha value is -1.71. The molecule has 1 aromatic carbocycles. The topological polar surface area (TPSA) is 33.1 Å². The van der Waals surface area contributed by atoms with Gasteiger partial charge in [-0.2, -0.15) is 0 Å². The van der Waals surface area contributed by atoms with Crippen molar-refractivity contribution in [3.8, 4) is 0 Å². The van der Waals surface area contributed by atoms with E-state index in [0.717, 1.165) is 11.3 Å². The van der Waals surface area contributed by atoms with E-state index in [1.54, 1.807) is 17.5 Å². The van der Waals surface area contributed by atoms with Crippen LogP contribution in [-0.2, 0) is 6.42 Å². The molecule has 2 aromatic heterocycles. The highest BCUT2D eigenvalue weighted by Crippen LogP contribution is 2.29. The summed E-state index contributed by atoms with van der Waals surface area (Å²) in [6.07, 6.45) is 1.90. The van der Waals surface area contributed by atoms with Crippen LogP contribution in [0.1, 0.15) is 22.9 Å². The highest BCUT2D eigenvalue weighted by molar-refractivity contribution is 7.17. The fraction of sp³-hybridized carbons (Fsp3) is 0.188. The number of aliphatic hydroxyl groups is 1. The zero-order chi connectivity index (χ0) is 13.2. The maximum atomic E-state index is 10.3. The van der Waals surface area contributed by atoms with Crippen LogP contribution < -0.4 is 0 Å². The fourth-order valence-electron chi connectivity index (χ4n) is 2.19.